The van der Waals surface area contributed by atoms with Crippen molar-refractivity contribution < 1.29 is 13.7 Å². The predicted molar refractivity (Wildman–Crippen MR) is 60.5 cm³/mol. The normalized spacial score (nSPS) is 17.5. The van der Waals surface area contributed by atoms with Crippen molar-refractivity contribution in [3.8, 4) is 0 Å². The lowest BCUT2D eigenvalue weighted by Crippen LogP contribution is -2.11. The molecule has 0 radical (unpaired) electrons. The average Bonchev–Trinajstić information content (AvgIpc) is 2.64. The highest BCUT2D eigenvalue weighted by atomic mass is 32.2. The summed E-state index contributed by atoms with van der Waals surface area (Å²) >= 11 is 0. The number of esters is 1. The molecule has 0 fully saturated rings. The number of benzene rings is 1. The van der Waals surface area contributed by atoms with Gasteiger partial charge in [-0.3, -0.25) is 0 Å². The Morgan fingerprint density at radius 1 is 1.50 bits per heavy atom. The second kappa shape index (κ2) is 4.40. The molecular weight excluding hydrogens is 226 g/mol. The number of nitrogens with zero attached hydrogens (tertiary/aromatic N) is 1. The smallest absolute Gasteiger partial charge is 0.330 e. The van der Waals surface area contributed by atoms with Crippen LogP contribution >= 0.6 is 0 Å². The molecular formula is C11H9NO3S. The van der Waals surface area contributed by atoms with Gasteiger partial charge in [-0.2, -0.15) is 4.40 Å². The van der Waals surface area contributed by atoms with Gasteiger partial charge in [-0.15, -0.1) is 0 Å². The minimum absolute atomic E-state index is 0.0214. The molecule has 0 aromatic heterocycles. The lowest BCUT2D eigenvalue weighted by atomic mass is 10.1. The molecule has 0 saturated carbocycles. The maximum absolute atomic E-state index is 11.6. The van der Waals surface area contributed by atoms with E-state index in [-0.39, 0.29) is 6.61 Å². The lowest BCUT2D eigenvalue weighted by Gasteiger charge is -2.02. The van der Waals surface area contributed by atoms with Crippen molar-refractivity contribution in [2.75, 3.05) is 6.61 Å². The van der Waals surface area contributed by atoms with Gasteiger partial charge in [0.15, 0.2) is 11.0 Å². The Morgan fingerprint density at radius 2 is 2.25 bits per heavy atom. The summed E-state index contributed by atoms with van der Waals surface area (Å²) in [7, 11) is -1.37. The standard InChI is InChI=1S/C11H9NO3S/c1-2-11(13)15-7-9-8-5-3-4-6-10(8)16(14)12-9/h2-6H,1,7H2. The molecule has 0 saturated heterocycles. The van der Waals surface area contributed by atoms with Gasteiger partial charge in [-0.1, -0.05) is 24.8 Å². The van der Waals surface area contributed by atoms with Gasteiger partial charge < -0.3 is 4.74 Å². The van der Waals surface area contributed by atoms with Gasteiger partial charge in [0, 0.05) is 11.6 Å². The zero-order valence-electron chi connectivity index (χ0n) is 8.38. The van der Waals surface area contributed by atoms with E-state index in [2.05, 4.69) is 11.0 Å². The Balaban J connectivity index is 2.19. The van der Waals surface area contributed by atoms with E-state index in [4.69, 9.17) is 4.74 Å². The predicted octanol–water partition coefficient (Wildman–Crippen LogP) is 1.24. The summed E-state index contributed by atoms with van der Waals surface area (Å²) in [5.41, 5.74) is 1.31. The second-order valence-electron chi connectivity index (χ2n) is 3.10. The Bertz CT molecular complexity index is 508. The molecule has 0 bridgehead atoms. The molecule has 0 N–H and O–H groups in total. The summed E-state index contributed by atoms with van der Waals surface area (Å²) in [4.78, 5) is 11.6. The van der Waals surface area contributed by atoms with Gasteiger partial charge in [0.1, 0.15) is 6.61 Å². The molecule has 16 heavy (non-hydrogen) atoms. The monoisotopic (exact) mass is 235 g/mol. The number of carbonyl (C=O) groups is 1. The van der Waals surface area contributed by atoms with Crippen LogP contribution in [-0.2, 0) is 20.5 Å². The summed E-state index contributed by atoms with van der Waals surface area (Å²) in [6.07, 6.45) is 1.08. The Morgan fingerprint density at radius 3 is 3.00 bits per heavy atom. The van der Waals surface area contributed by atoms with E-state index in [0.717, 1.165) is 11.6 Å². The molecule has 82 valence electrons. The van der Waals surface area contributed by atoms with Gasteiger partial charge in [0.25, 0.3) is 0 Å². The largest absolute Gasteiger partial charge is 0.456 e. The fraction of sp³-hybridized carbons (Fsp3) is 0.0909. The van der Waals surface area contributed by atoms with E-state index in [1.54, 1.807) is 18.2 Å². The highest BCUT2D eigenvalue weighted by Crippen LogP contribution is 2.22. The van der Waals surface area contributed by atoms with E-state index in [9.17, 15) is 9.00 Å². The molecule has 1 aromatic carbocycles. The van der Waals surface area contributed by atoms with E-state index >= 15 is 0 Å². The topological polar surface area (TPSA) is 55.7 Å². The first-order chi connectivity index (χ1) is 7.72. The number of hydrogen-bond donors (Lipinski definition) is 0. The summed E-state index contributed by atoms with van der Waals surface area (Å²) in [5.74, 6) is -0.516. The Labute approximate surface area is 95.2 Å². The fourth-order valence-corrected chi connectivity index (χ4v) is 2.38. The number of carbonyl (C=O) groups excluding carboxylic acids is 1. The molecule has 1 aliphatic rings. The number of rotatable bonds is 3. The van der Waals surface area contributed by atoms with Crippen LogP contribution in [0.1, 0.15) is 5.56 Å². The molecule has 4 nitrogen and oxygen atoms in total. The van der Waals surface area contributed by atoms with Crippen LogP contribution < -0.4 is 0 Å². The first-order valence-electron chi connectivity index (χ1n) is 4.60. The van der Waals surface area contributed by atoms with Gasteiger partial charge in [-0.05, 0) is 6.07 Å². The Kier molecular flexibility index (Phi) is 2.96. The van der Waals surface area contributed by atoms with Gasteiger partial charge in [-0.25, -0.2) is 9.00 Å². The van der Waals surface area contributed by atoms with Crippen molar-refractivity contribution in [3.63, 3.8) is 0 Å². The number of hydrogen-bond acceptors (Lipinski definition) is 3. The zero-order chi connectivity index (χ0) is 11.5. The lowest BCUT2D eigenvalue weighted by molar-refractivity contribution is -0.136. The van der Waals surface area contributed by atoms with Crippen molar-refractivity contribution in [2.24, 2.45) is 4.40 Å². The van der Waals surface area contributed by atoms with E-state index < -0.39 is 17.0 Å². The van der Waals surface area contributed by atoms with Gasteiger partial charge >= 0.3 is 5.97 Å². The van der Waals surface area contributed by atoms with Crippen LogP contribution in [0.25, 0.3) is 0 Å². The first kappa shape index (κ1) is 10.8. The van der Waals surface area contributed by atoms with Crippen molar-refractivity contribution >= 4 is 22.7 Å². The van der Waals surface area contributed by atoms with Gasteiger partial charge in [0.05, 0.1) is 10.6 Å². The Hall–Kier alpha value is -1.75. The minimum Gasteiger partial charge on any atom is -0.456 e. The molecule has 1 aromatic rings. The maximum atomic E-state index is 11.6. The van der Waals surface area contributed by atoms with Crippen LogP contribution in [0.3, 0.4) is 0 Å². The van der Waals surface area contributed by atoms with Crippen molar-refractivity contribution in [1.29, 1.82) is 0 Å². The third kappa shape index (κ3) is 1.94. The highest BCUT2D eigenvalue weighted by Gasteiger charge is 2.22. The van der Waals surface area contributed by atoms with Crippen molar-refractivity contribution in [1.82, 2.24) is 0 Å². The van der Waals surface area contributed by atoms with E-state index in [0.29, 0.717) is 10.6 Å². The molecule has 0 spiro atoms. The fourth-order valence-electron chi connectivity index (χ4n) is 1.36. The summed E-state index contributed by atoms with van der Waals surface area (Å²) < 4.78 is 20.4. The minimum atomic E-state index is -1.37. The molecule has 2 rings (SSSR count). The van der Waals surface area contributed by atoms with E-state index in [1.807, 2.05) is 6.07 Å². The van der Waals surface area contributed by atoms with Crippen LogP contribution in [0.4, 0.5) is 0 Å². The van der Waals surface area contributed by atoms with Crippen LogP contribution in [0.15, 0.2) is 46.2 Å². The molecule has 0 amide bonds. The first-order valence-corrected chi connectivity index (χ1v) is 5.71. The zero-order valence-corrected chi connectivity index (χ0v) is 9.20. The SMILES string of the molecule is C=CC(=O)OCC1=NS(=O)c2ccccc21. The van der Waals surface area contributed by atoms with Crippen molar-refractivity contribution in [2.45, 2.75) is 4.90 Å². The summed E-state index contributed by atoms with van der Waals surface area (Å²) in [5, 5.41) is 0. The molecule has 1 heterocycles. The molecule has 1 atom stereocenters. The summed E-state index contributed by atoms with van der Waals surface area (Å²) in [6, 6.07) is 7.18. The third-order valence-corrected chi connectivity index (χ3v) is 3.22. The van der Waals surface area contributed by atoms with Crippen LogP contribution in [0, 0.1) is 0 Å². The summed E-state index contributed by atoms with van der Waals surface area (Å²) in [6.45, 7) is 3.31. The van der Waals surface area contributed by atoms with Crippen molar-refractivity contribution in [3.05, 3.63) is 42.5 Å². The maximum Gasteiger partial charge on any atom is 0.330 e. The highest BCUT2D eigenvalue weighted by molar-refractivity contribution is 7.84. The molecule has 0 aliphatic carbocycles. The van der Waals surface area contributed by atoms with Crippen LogP contribution in [-0.4, -0.2) is 22.5 Å². The molecule has 5 heteroatoms. The van der Waals surface area contributed by atoms with Crippen LogP contribution in [0.5, 0.6) is 0 Å². The van der Waals surface area contributed by atoms with E-state index in [1.165, 1.54) is 0 Å². The van der Waals surface area contributed by atoms with Crippen LogP contribution in [0.2, 0.25) is 0 Å². The molecule has 1 unspecified atom stereocenters. The second-order valence-corrected chi connectivity index (χ2v) is 4.22. The number of ether oxygens (including phenoxy) is 1. The average molecular weight is 235 g/mol. The van der Waals surface area contributed by atoms with Gasteiger partial charge in [0.2, 0.25) is 0 Å². The number of fused-ring (bicyclic) bond motifs is 1. The molecule has 1 aliphatic heterocycles. The third-order valence-electron chi connectivity index (χ3n) is 2.10. The quantitative estimate of drug-likeness (QED) is 0.585.